The molecule has 0 fully saturated rings. The number of allylic oxidation sites excluding steroid dienone is 1. The molecule has 0 heterocycles. The Morgan fingerprint density at radius 2 is 1.64 bits per heavy atom. The van der Waals surface area contributed by atoms with Crippen LogP contribution in [-0.4, -0.2) is 17.9 Å². The number of hydrogen-bond acceptors (Lipinski definition) is 3. The zero-order chi connectivity index (χ0) is 15.9. The monoisotopic (exact) mass is 331 g/mol. The van der Waals surface area contributed by atoms with Crippen LogP contribution in [0, 0.1) is 0 Å². The second kappa shape index (κ2) is 7.82. The summed E-state index contributed by atoms with van der Waals surface area (Å²) in [4.78, 5) is 24.8. The Hall–Kier alpha value is -2.04. The van der Waals surface area contributed by atoms with Crippen molar-refractivity contribution >= 4 is 40.7 Å². The topological polar surface area (TPSA) is 46.2 Å². The Kier molecular flexibility index (Phi) is 5.81. The predicted molar refractivity (Wildman–Crippen MR) is 91.8 cm³/mol. The van der Waals surface area contributed by atoms with E-state index >= 15 is 0 Å². The Labute approximate surface area is 138 Å². The van der Waals surface area contributed by atoms with Crippen molar-refractivity contribution in [2.24, 2.45) is 0 Å². The molecule has 1 N–H and O–H groups in total. The maximum Gasteiger partial charge on any atom is 0.248 e. The number of carbonyl (C=O) groups is 2. The minimum atomic E-state index is -0.348. The predicted octanol–water partition coefficient (Wildman–Crippen LogP) is 4.44. The van der Waals surface area contributed by atoms with Crippen molar-refractivity contribution in [3.05, 3.63) is 71.3 Å². The smallest absolute Gasteiger partial charge is 0.248 e. The van der Waals surface area contributed by atoms with Crippen molar-refractivity contribution in [2.45, 2.75) is 4.90 Å². The third-order valence-electron chi connectivity index (χ3n) is 2.87. The van der Waals surface area contributed by atoms with Gasteiger partial charge in [-0.15, -0.1) is 11.8 Å². The lowest BCUT2D eigenvalue weighted by atomic mass is 10.1. The number of nitrogens with one attached hydrogen (secondary N) is 1. The summed E-state index contributed by atoms with van der Waals surface area (Å²) in [6.45, 7) is 0. The lowest BCUT2D eigenvalue weighted by Gasteiger charge is -2.03. The second-order valence-electron chi connectivity index (χ2n) is 4.42. The Morgan fingerprint density at radius 3 is 2.23 bits per heavy atom. The fraction of sp³-hybridized carbons (Fsp3) is 0.0588. The van der Waals surface area contributed by atoms with Crippen molar-refractivity contribution < 1.29 is 9.59 Å². The van der Waals surface area contributed by atoms with E-state index in [0.717, 1.165) is 4.90 Å². The number of rotatable bonds is 5. The molecule has 1 amide bonds. The summed E-state index contributed by atoms with van der Waals surface area (Å²) in [5.41, 5.74) is 1.17. The molecule has 0 aliphatic carbocycles. The van der Waals surface area contributed by atoms with Gasteiger partial charge in [0.05, 0.1) is 0 Å². The lowest BCUT2D eigenvalue weighted by molar-refractivity contribution is -0.111. The van der Waals surface area contributed by atoms with Crippen LogP contribution in [0.3, 0.4) is 0 Å². The van der Waals surface area contributed by atoms with E-state index in [9.17, 15) is 9.59 Å². The van der Waals surface area contributed by atoms with E-state index in [-0.39, 0.29) is 11.7 Å². The molecule has 2 rings (SSSR count). The molecular formula is C17H14ClNO2S. The lowest BCUT2D eigenvalue weighted by Crippen LogP contribution is -2.08. The second-order valence-corrected chi connectivity index (χ2v) is 5.74. The average molecular weight is 332 g/mol. The van der Waals surface area contributed by atoms with Gasteiger partial charge in [-0.25, -0.2) is 0 Å². The van der Waals surface area contributed by atoms with Crippen molar-refractivity contribution in [1.82, 2.24) is 0 Å². The number of thioether (sulfide) groups is 1. The van der Waals surface area contributed by atoms with E-state index in [0.29, 0.717) is 16.3 Å². The molecule has 0 bridgehead atoms. The third-order valence-corrected chi connectivity index (χ3v) is 3.87. The van der Waals surface area contributed by atoms with Crippen LogP contribution in [0.25, 0.3) is 0 Å². The van der Waals surface area contributed by atoms with Gasteiger partial charge in [0.25, 0.3) is 0 Å². The highest BCUT2D eigenvalue weighted by atomic mass is 35.5. The van der Waals surface area contributed by atoms with Gasteiger partial charge in [-0.2, -0.15) is 0 Å². The summed E-state index contributed by atoms with van der Waals surface area (Å²) < 4.78 is 0. The van der Waals surface area contributed by atoms with Crippen molar-refractivity contribution in [2.75, 3.05) is 11.6 Å². The van der Waals surface area contributed by atoms with Gasteiger partial charge >= 0.3 is 0 Å². The van der Waals surface area contributed by atoms with Gasteiger partial charge in [-0.3, -0.25) is 9.59 Å². The first-order chi connectivity index (χ1) is 10.6. The summed E-state index contributed by atoms with van der Waals surface area (Å²) in [5, 5.41) is 3.26. The Morgan fingerprint density at radius 1 is 1.00 bits per heavy atom. The number of halogens is 1. The van der Waals surface area contributed by atoms with E-state index in [4.69, 9.17) is 11.6 Å². The molecule has 0 unspecified atom stereocenters. The van der Waals surface area contributed by atoms with E-state index in [2.05, 4.69) is 5.32 Å². The molecule has 0 aliphatic heterocycles. The van der Waals surface area contributed by atoms with Gasteiger partial charge < -0.3 is 5.32 Å². The highest BCUT2D eigenvalue weighted by molar-refractivity contribution is 7.98. The number of hydrogen-bond donors (Lipinski definition) is 1. The van der Waals surface area contributed by atoms with Crippen molar-refractivity contribution in [1.29, 1.82) is 0 Å². The summed E-state index contributed by atoms with van der Waals surface area (Å²) in [7, 11) is 0. The van der Waals surface area contributed by atoms with Crippen LogP contribution in [0.2, 0.25) is 5.02 Å². The molecule has 5 heteroatoms. The van der Waals surface area contributed by atoms with E-state index < -0.39 is 0 Å². The zero-order valence-electron chi connectivity index (χ0n) is 11.9. The number of benzene rings is 2. The highest BCUT2D eigenvalue weighted by Crippen LogP contribution is 2.17. The standard InChI is InChI=1S/C17H14ClNO2S/c1-22-15-8-6-14(7-9-15)19-17(21)11-10-16(20)12-2-4-13(18)5-3-12/h2-11H,1H3,(H,19,21)/b11-10+. The van der Waals surface area contributed by atoms with Crippen LogP contribution in [0.4, 0.5) is 5.69 Å². The molecule has 112 valence electrons. The number of amides is 1. The van der Waals surface area contributed by atoms with Crippen LogP contribution in [0.5, 0.6) is 0 Å². The van der Waals surface area contributed by atoms with Crippen molar-refractivity contribution in [3.8, 4) is 0 Å². The maximum absolute atomic E-state index is 11.9. The van der Waals surface area contributed by atoms with Gasteiger partial charge in [-0.1, -0.05) is 11.6 Å². The summed E-state index contributed by atoms with van der Waals surface area (Å²) in [6.07, 6.45) is 4.45. The molecular weight excluding hydrogens is 318 g/mol. The van der Waals surface area contributed by atoms with Gasteiger partial charge in [-0.05, 0) is 60.9 Å². The quantitative estimate of drug-likeness (QED) is 0.500. The minimum Gasteiger partial charge on any atom is -0.323 e. The molecule has 0 aliphatic rings. The molecule has 0 atom stereocenters. The van der Waals surface area contributed by atoms with Gasteiger partial charge in [0.15, 0.2) is 5.78 Å². The first-order valence-corrected chi connectivity index (χ1v) is 8.12. The normalized spacial score (nSPS) is 10.6. The SMILES string of the molecule is CSc1ccc(NC(=O)/C=C/C(=O)c2ccc(Cl)cc2)cc1. The minimum absolute atomic E-state index is 0.246. The van der Waals surface area contributed by atoms with Crippen LogP contribution < -0.4 is 5.32 Å². The Balaban J connectivity index is 1.95. The summed E-state index contributed by atoms with van der Waals surface area (Å²) >= 11 is 7.39. The van der Waals surface area contributed by atoms with Crippen LogP contribution in [0.1, 0.15) is 10.4 Å². The van der Waals surface area contributed by atoms with E-state index in [1.807, 2.05) is 30.5 Å². The molecule has 0 spiro atoms. The zero-order valence-corrected chi connectivity index (χ0v) is 13.4. The first kappa shape index (κ1) is 16.3. The first-order valence-electron chi connectivity index (χ1n) is 6.51. The molecule has 22 heavy (non-hydrogen) atoms. The van der Waals surface area contributed by atoms with Crippen LogP contribution in [0.15, 0.2) is 65.6 Å². The fourth-order valence-electron chi connectivity index (χ4n) is 1.72. The maximum atomic E-state index is 11.9. The third kappa shape index (κ3) is 4.76. The molecule has 0 saturated carbocycles. The number of anilines is 1. The summed E-state index contributed by atoms with van der Waals surface area (Å²) in [6, 6.07) is 14.0. The largest absolute Gasteiger partial charge is 0.323 e. The number of carbonyl (C=O) groups excluding carboxylic acids is 2. The molecule has 0 radical (unpaired) electrons. The van der Waals surface area contributed by atoms with Gasteiger partial charge in [0.1, 0.15) is 0 Å². The Bertz CT molecular complexity index is 694. The highest BCUT2D eigenvalue weighted by Gasteiger charge is 2.03. The molecule has 3 nitrogen and oxygen atoms in total. The number of ketones is 1. The van der Waals surface area contributed by atoms with E-state index in [1.54, 1.807) is 36.0 Å². The van der Waals surface area contributed by atoms with Crippen molar-refractivity contribution in [3.63, 3.8) is 0 Å². The molecule has 0 saturated heterocycles. The average Bonchev–Trinajstić information content (AvgIpc) is 2.54. The van der Waals surface area contributed by atoms with Crippen LogP contribution in [-0.2, 0) is 4.79 Å². The van der Waals surface area contributed by atoms with E-state index in [1.165, 1.54) is 12.2 Å². The van der Waals surface area contributed by atoms with Crippen LogP contribution >= 0.6 is 23.4 Å². The summed E-state index contributed by atoms with van der Waals surface area (Å²) in [5.74, 6) is -0.594. The fourth-order valence-corrected chi connectivity index (χ4v) is 2.25. The molecule has 2 aromatic rings. The van der Waals surface area contributed by atoms with Gasteiger partial charge in [0.2, 0.25) is 5.91 Å². The molecule has 2 aromatic carbocycles. The van der Waals surface area contributed by atoms with Gasteiger partial charge in [0, 0.05) is 27.2 Å². The molecule has 0 aromatic heterocycles.